The first-order valence-electron chi connectivity index (χ1n) is 6.85. The molecule has 0 saturated heterocycles. The molecule has 0 bridgehead atoms. The van der Waals surface area contributed by atoms with Gasteiger partial charge >= 0.3 is 0 Å². The molecule has 4 nitrogen and oxygen atoms in total. The van der Waals surface area contributed by atoms with Crippen LogP contribution in [0.5, 0.6) is 0 Å². The van der Waals surface area contributed by atoms with Gasteiger partial charge in [0.05, 0.1) is 0 Å². The van der Waals surface area contributed by atoms with Gasteiger partial charge in [-0.3, -0.25) is 9.69 Å². The zero-order chi connectivity index (χ0) is 12.7. The molecule has 1 aromatic heterocycles. The third kappa shape index (κ3) is 2.86. The van der Waals surface area contributed by atoms with Crippen molar-refractivity contribution < 1.29 is 0 Å². The van der Waals surface area contributed by atoms with Crippen LogP contribution in [0.3, 0.4) is 0 Å². The summed E-state index contributed by atoms with van der Waals surface area (Å²) in [5.74, 6) is 0.920. The Morgan fingerprint density at radius 1 is 1.37 bits per heavy atom. The molecule has 3 N–H and O–H groups in total. The fraction of sp³-hybridized carbons (Fsp3) is 0.643. The molecular formula is C14H22ClN3O. The Labute approximate surface area is 119 Å². The van der Waals surface area contributed by atoms with Gasteiger partial charge in [0.2, 0.25) is 0 Å². The average Bonchev–Trinajstić information content (AvgIpc) is 3.14. The number of nitrogens with two attached hydrogens (primary N) is 1. The summed E-state index contributed by atoms with van der Waals surface area (Å²) in [6.07, 6.45) is 3.75. The van der Waals surface area contributed by atoms with Crippen molar-refractivity contribution in [1.29, 1.82) is 0 Å². The third-order valence-corrected chi connectivity index (χ3v) is 4.23. The maximum Gasteiger partial charge on any atom is 0.252 e. The molecule has 3 rings (SSSR count). The first-order valence-corrected chi connectivity index (χ1v) is 6.85. The predicted octanol–water partition coefficient (Wildman–Crippen LogP) is 1.33. The lowest BCUT2D eigenvalue weighted by molar-refractivity contribution is 0.242. The summed E-state index contributed by atoms with van der Waals surface area (Å²) in [5, 5.41) is 0. The summed E-state index contributed by atoms with van der Waals surface area (Å²) in [5.41, 5.74) is 10.1. The van der Waals surface area contributed by atoms with Gasteiger partial charge in [-0.2, -0.15) is 0 Å². The molecule has 2 heterocycles. The van der Waals surface area contributed by atoms with Crippen molar-refractivity contribution in [2.45, 2.75) is 39.3 Å². The average molecular weight is 284 g/mol. The molecule has 1 saturated carbocycles. The Bertz CT molecular complexity index is 522. The highest BCUT2D eigenvalue weighted by atomic mass is 35.5. The molecular weight excluding hydrogens is 262 g/mol. The molecule has 1 fully saturated rings. The summed E-state index contributed by atoms with van der Waals surface area (Å²) < 4.78 is 0. The summed E-state index contributed by atoms with van der Waals surface area (Å²) in [6.45, 7) is 5.61. The quantitative estimate of drug-likeness (QED) is 0.880. The molecule has 106 valence electrons. The van der Waals surface area contributed by atoms with Crippen LogP contribution in [-0.4, -0.2) is 23.0 Å². The monoisotopic (exact) mass is 283 g/mol. The molecule has 19 heavy (non-hydrogen) atoms. The van der Waals surface area contributed by atoms with Crippen LogP contribution < -0.4 is 11.3 Å². The molecule has 1 aliphatic heterocycles. The highest BCUT2D eigenvalue weighted by Gasteiger charge is 2.28. The van der Waals surface area contributed by atoms with Crippen molar-refractivity contribution in [3.05, 3.63) is 32.7 Å². The maximum atomic E-state index is 11.9. The Morgan fingerprint density at radius 2 is 2.11 bits per heavy atom. The fourth-order valence-corrected chi connectivity index (χ4v) is 2.99. The van der Waals surface area contributed by atoms with Gasteiger partial charge in [-0.1, -0.05) is 0 Å². The van der Waals surface area contributed by atoms with Crippen LogP contribution >= 0.6 is 12.4 Å². The summed E-state index contributed by atoms with van der Waals surface area (Å²) >= 11 is 0. The zero-order valence-corrected chi connectivity index (χ0v) is 12.2. The molecule has 1 aliphatic carbocycles. The van der Waals surface area contributed by atoms with Crippen LogP contribution in [0, 0.1) is 12.8 Å². The molecule has 0 spiro atoms. The van der Waals surface area contributed by atoms with Gasteiger partial charge in [-0.15, -0.1) is 12.4 Å². The molecule has 0 atom stereocenters. The highest BCUT2D eigenvalue weighted by Crippen LogP contribution is 2.32. The van der Waals surface area contributed by atoms with E-state index in [1.807, 2.05) is 6.92 Å². The van der Waals surface area contributed by atoms with E-state index < -0.39 is 0 Å². The number of hydrogen-bond donors (Lipinski definition) is 2. The fourth-order valence-electron chi connectivity index (χ4n) is 2.99. The van der Waals surface area contributed by atoms with Crippen molar-refractivity contribution in [3.8, 4) is 0 Å². The Hall–Kier alpha value is -0.840. The Morgan fingerprint density at radius 3 is 2.74 bits per heavy atom. The molecule has 2 aliphatic rings. The van der Waals surface area contributed by atoms with Crippen molar-refractivity contribution in [2.24, 2.45) is 11.7 Å². The molecule has 0 aromatic carbocycles. The number of H-pyrrole nitrogens is 1. The number of aromatic amines is 1. The second-order valence-corrected chi connectivity index (χ2v) is 5.65. The van der Waals surface area contributed by atoms with E-state index in [1.54, 1.807) is 0 Å². The summed E-state index contributed by atoms with van der Waals surface area (Å²) in [4.78, 5) is 17.3. The van der Waals surface area contributed by atoms with E-state index in [0.717, 1.165) is 36.7 Å². The number of fused-ring (bicyclic) bond motifs is 1. The van der Waals surface area contributed by atoms with E-state index >= 15 is 0 Å². The lowest BCUT2D eigenvalue weighted by atomic mass is 9.94. The minimum absolute atomic E-state index is 0. The molecule has 0 amide bonds. The smallest absolute Gasteiger partial charge is 0.252 e. The maximum absolute atomic E-state index is 11.9. The van der Waals surface area contributed by atoms with E-state index in [9.17, 15) is 4.79 Å². The minimum atomic E-state index is 0. The van der Waals surface area contributed by atoms with Crippen LogP contribution in [-0.2, 0) is 19.5 Å². The lowest BCUT2D eigenvalue weighted by Crippen LogP contribution is -2.36. The normalized spacial score (nSPS) is 18.8. The van der Waals surface area contributed by atoms with Crippen molar-refractivity contribution >= 4 is 12.4 Å². The van der Waals surface area contributed by atoms with Crippen LogP contribution in [0.2, 0.25) is 0 Å². The van der Waals surface area contributed by atoms with E-state index in [0.29, 0.717) is 6.54 Å². The van der Waals surface area contributed by atoms with Crippen molar-refractivity contribution in [2.75, 3.05) is 13.1 Å². The van der Waals surface area contributed by atoms with Gasteiger partial charge in [0.1, 0.15) is 0 Å². The SMILES string of the molecule is Cc1[nH]c(=O)c(CN)c2c1CN(CC1CC1)CC2.Cl. The number of aromatic nitrogens is 1. The number of aryl methyl sites for hydroxylation is 1. The van der Waals surface area contributed by atoms with E-state index in [4.69, 9.17) is 5.73 Å². The molecule has 0 unspecified atom stereocenters. The second kappa shape index (κ2) is 5.65. The summed E-state index contributed by atoms with van der Waals surface area (Å²) in [6, 6.07) is 0. The Balaban J connectivity index is 0.00000133. The van der Waals surface area contributed by atoms with Crippen LogP contribution in [0.25, 0.3) is 0 Å². The molecule has 1 aromatic rings. The largest absolute Gasteiger partial charge is 0.326 e. The second-order valence-electron chi connectivity index (χ2n) is 5.65. The zero-order valence-electron chi connectivity index (χ0n) is 11.4. The minimum Gasteiger partial charge on any atom is -0.326 e. The Kier molecular flexibility index (Phi) is 4.33. The first-order chi connectivity index (χ1) is 8.69. The topological polar surface area (TPSA) is 62.1 Å². The number of halogens is 1. The highest BCUT2D eigenvalue weighted by molar-refractivity contribution is 5.85. The van der Waals surface area contributed by atoms with E-state index in [2.05, 4.69) is 9.88 Å². The number of pyridine rings is 1. The predicted molar refractivity (Wildman–Crippen MR) is 78.6 cm³/mol. The number of rotatable bonds is 3. The first kappa shape index (κ1) is 14.6. The van der Waals surface area contributed by atoms with E-state index in [-0.39, 0.29) is 18.0 Å². The van der Waals surface area contributed by atoms with Gasteiger partial charge in [-0.05, 0) is 43.2 Å². The molecule has 0 radical (unpaired) electrons. The number of nitrogens with zero attached hydrogens (tertiary/aromatic N) is 1. The van der Waals surface area contributed by atoms with E-state index in [1.165, 1.54) is 30.5 Å². The van der Waals surface area contributed by atoms with Crippen molar-refractivity contribution in [3.63, 3.8) is 0 Å². The van der Waals surface area contributed by atoms with Crippen LogP contribution in [0.1, 0.15) is 35.2 Å². The van der Waals surface area contributed by atoms with Gasteiger partial charge in [0, 0.05) is 37.4 Å². The molecule has 5 heteroatoms. The van der Waals surface area contributed by atoms with Gasteiger partial charge in [0.25, 0.3) is 5.56 Å². The standard InChI is InChI=1S/C14H21N3O.ClH/c1-9-13-8-17(7-10-2-3-10)5-4-11(13)12(6-15)14(18)16-9;/h10H,2-8,15H2,1H3,(H,16,18);1H. The van der Waals surface area contributed by atoms with Crippen molar-refractivity contribution in [1.82, 2.24) is 9.88 Å². The number of hydrogen-bond acceptors (Lipinski definition) is 3. The van der Waals surface area contributed by atoms with Gasteiger partial charge in [0.15, 0.2) is 0 Å². The van der Waals surface area contributed by atoms with Gasteiger partial charge in [-0.25, -0.2) is 0 Å². The lowest BCUT2D eigenvalue weighted by Gasteiger charge is -2.30. The number of nitrogens with one attached hydrogen (secondary N) is 1. The van der Waals surface area contributed by atoms with Crippen LogP contribution in [0.4, 0.5) is 0 Å². The van der Waals surface area contributed by atoms with Crippen LogP contribution in [0.15, 0.2) is 4.79 Å². The summed E-state index contributed by atoms with van der Waals surface area (Å²) in [7, 11) is 0. The third-order valence-electron chi connectivity index (χ3n) is 4.23. The van der Waals surface area contributed by atoms with Gasteiger partial charge < -0.3 is 10.7 Å².